The molecule has 3 rings (SSSR count). The van der Waals surface area contributed by atoms with Crippen molar-refractivity contribution < 1.29 is 28.7 Å². The van der Waals surface area contributed by atoms with Crippen molar-refractivity contribution >= 4 is 50.9 Å². The molecule has 3 aromatic carbocycles. The monoisotopic (exact) mass is 615 g/mol. The van der Waals surface area contributed by atoms with E-state index in [1.54, 1.807) is 31.2 Å². The standard InChI is InChI=1S/C27H23BrClN3O7/c1-4-38-25-11-17(10-20(28)26(25)39-15-16-5-7-19(8-6-16)32(34)35)9-18(14-30)27(33)31-22-13-23(36-2)21(29)12-24(22)37-3/h5-13H,4,15H2,1-3H3,(H,31,33)/b18-9+. The van der Waals surface area contributed by atoms with Gasteiger partial charge < -0.3 is 24.3 Å². The summed E-state index contributed by atoms with van der Waals surface area (Å²) in [5.41, 5.74) is 1.30. The number of amides is 1. The Morgan fingerprint density at radius 1 is 1.10 bits per heavy atom. The normalized spacial score (nSPS) is 10.8. The van der Waals surface area contributed by atoms with Gasteiger partial charge in [-0.2, -0.15) is 5.26 Å². The number of carbonyl (C=O) groups excluding carboxylic acids is 1. The number of non-ortho nitro benzene ring substituents is 1. The molecule has 0 heterocycles. The lowest BCUT2D eigenvalue weighted by Gasteiger charge is -2.15. The second-order valence-electron chi connectivity index (χ2n) is 7.79. The molecule has 0 fully saturated rings. The number of anilines is 1. The third kappa shape index (κ3) is 7.40. The van der Waals surface area contributed by atoms with Gasteiger partial charge in [0.15, 0.2) is 11.5 Å². The molecule has 12 heteroatoms. The fraction of sp³-hybridized carbons (Fsp3) is 0.185. The van der Waals surface area contributed by atoms with Gasteiger partial charge >= 0.3 is 0 Å². The number of nitrogens with one attached hydrogen (secondary N) is 1. The van der Waals surface area contributed by atoms with Crippen molar-refractivity contribution in [1.82, 2.24) is 0 Å². The van der Waals surface area contributed by atoms with E-state index in [-0.39, 0.29) is 23.6 Å². The average Bonchev–Trinajstić information content (AvgIpc) is 2.92. The number of nitriles is 1. The van der Waals surface area contributed by atoms with E-state index in [2.05, 4.69) is 21.2 Å². The van der Waals surface area contributed by atoms with Crippen LogP contribution in [0, 0.1) is 21.4 Å². The molecule has 0 radical (unpaired) electrons. The fourth-order valence-electron chi connectivity index (χ4n) is 3.41. The number of hydrogen-bond acceptors (Lipinski definition) is 8. The van der Waals surface area contributed by atoms with Gasteiger partial charge in [0.1, 0.15) is 29.7 Å². The van der Waals surface area contributed by atoms with Crippen LogP contribution in [0.1, 0.15) is 18.1 Å². The summed E-state index contributed by atoms with van der Waals surface area (Å²) in [4.78, 5) is 23.3. The Balaban J connectivity index is 1.86. The number of methoxy groups -OCH3 is 2. The first-order chi connectivity index (χ1) is 18.7. The first-order valence-corrected chi connectivity index (χ1v) is 12.5. The highest BCUT2D eigenvalue weighted by Crippen LogP contribution is 2.39. The second kappa shape index (κ2) is 13.5. The van der Waals surface area contributed by atoms with Crippen LogP contribution >= 0.6 is 27.5 Å². The lowest BCUT2D eigenvalue weighted by molar-refractivity contribution is -0.384. The highest BCUT2D eigenvalue weighted by Gasteiger charge is 2.17. The van der Waals surface area contributed by atoms with Crippen LogP contribution in [0.2, 0.25) is 5.02 Å². The lowest BCUT2D eigenvalue weighted by atomic mass is 10.1. The number of halogens is 2. The lowest BCUT2D eigenvalue weighted by Crippen LogP contribution is -2.14. The van der Waals surface area contributed by atoms with Crippen molar-refractivity contribution in [2.75, 3.05) is 26.1 Å². The maximum Gasteiger partial charge on any atom is 0.269 e. The molecule has 3 aromatic rings. The van der Waals surface area contributed by atoms with Crippen LogP contribution in [0.4, 0.5) is 11.4 Å². The van der Waals surface area contributed by atoms with Crippen molar-refractivity contribution in [3.63, 3.8) is 0 Å². The molecule has 10 nitrogen and oxygen atoms in total. The Labute approximate surface area is 238 Å². The maximum absolute atomic E-state index is 12.9. The molecule has 0 saturated carbocycles. The van der Waals surface area contributed by atoms with E-state index in [9.17, 15) is 20.2 Å². The van der Waals surface area contributed by atoms with E-state index in [1.165, 1.54) is 44.6 Å². The zero-order valence-corrected chi connectivity index (χ0v) is 23.5. The van der Waals surface area contributed by atoms with E-state index in [0.29, 0.717) is 44.7 Å². The summed E-state index contributed by atoms with van der Waals surface area (Å²) in [6, 6.07) is 14.2. The minimum Gasteiger partial charge on any atom is -0.495 e. The van der Waals surface area contributed by atoms with E-state index in [0.717, 1.165) is 5.56 Å². The zero-order valence-electron chi connectivity index (χ0n) is 21.1. The number of benzene rings is 3. The van der Waals surface area contributed by atoms with Gasteiger partial charge in [-0.1, -0.05) is 11.6 Å². The fourth-order valence-corrected chi connectivity index (χ4v) is 4.21. The average molecular weight is 617 g/mol. The number of ether oxygens (including phenoxy) is 4. The van der Waals surface area contributed by atoms with Crippen molar-refractivity contribution in [3.8, 4) is 29.1 Å². The Morgan fingerprint density at radius 2 is 1.79 bits per heavy atom. The second-order valence-corrected chi connectivity index (χ2v) is 9.05. The van der Waals surface area contributed by atoms with Crippen molar-refractivity contribution in [3.05, 3.63) is 84.8 Å². The van der Waals surface area contributed by atoms with Crippen molar-refractivity contribution in [2.45, 2.75) is 13.5 Å². The molecule has 0 aliphatic rings. The molecule has 202 valence electrons. The highest BCUT2D eigenvalue weighted by molar-refractivity contribution is 9.10. The number of nitro benzene ring substituents is 1. The highest BCUT2D eigenvalue weighted by atomic mass is 79.9. The summed E-state index contributed by atoms with van der Waals surface area (Å²) >= 11 is 9.59. The van der Waals surface area contributed by atoms with Gasteiger partial charge in [0.2, 0.25) is 0 Å². The molecule has 0 saturated heterocycles. The molecule has 0 aromatic heterocycles. The third-order valence-corrected chi connectivity index (χ3v) is 6.14. The van der Waals surface area contributed by atoms with Gasteiger partial charge in [0.05, 0.1) is 40.9 Å². The van der Waals surface area contributed by atoms with E-state index in [1.807, 2.05) is 6.07 Å². The predicted molar refractivity (Wildman–Crippen MR) is 150 cm³/mol. The van der Waals surface area contributed by atoms with Gasteiger partial charge in [-0.05, 0) is 64.3 Å². The summed E-state index contributed by atoms with van der Waals surface area (Å²) in [6.07, 6.45) is 1.41. The van der Waals surface area contributed by atoms with Gasteiger partial charge in [0.25, 0.3) is 11.6 Å². The Hall–Kier alpha value is -4.27. The van der Waals surface area contributed by atoms with Gasteiger partial charge in [-0.3, -0.25) is 14.9 Å². The molecule has 1 amide bonds. The topological polar surface area (TPSA) is 133 Å². The molecular weight excluding hydrogens is 594 g/mol. The van der Waals surface area contributed by atoms with Crippen LogP contribution in [0.3, 0.4) is 0 Å². The molecule has 0 unspecified atom stereocenters. The minimum atomic E-state index is -0.673. The molecule has 0 aliphatic heterocycles. The molecule has 1 N–H and O–H groups in total. The number of rotatable bonds is 11. The van der Waals surface area contributed by atoms with Crippen molar-refractivity contribution in [1.29, 1.82) is 5.26 Å². The van der Waals surface area contributed by atoms with Crippen LogP contribution in [-0.4, -0.2) is 31.7 Å². The summed E-state index contributed by atoms with van der Waals surface area (Å²) in [5.74, 6) is 0.718. The summed E-state index contributed by atoms with van der Waals surface area (Å²) in [7, 11) is 2.86. The zero-order chi connectivity index (χ0) is 28.5. The van der Waals surface area contributed by atoms with Gasteiger partial charge in [-0.15, -0.1) is 0 Å². The first-order valence-electron chi connectivity index (χ1n) is 11.4. The Morgan fingerprint density at radius 3 is 2.38 bits per heavy atom. The van der Waals surface area contributed by atoms with Crippen molar-refractivity contribution in [2.24, 2.45) is 0 Å². The van der Waals surface area contributed by atoms with Crippen LogP contribution in [0.25, 0.3) is 6.08 Å². The van der Waals surface area contributed by atoms with E-state index in [4.69, 9.17) is 30.5 Å². The van der Waals surface area contributed by atoms with Crippen LogP contribution in [0.15, 0.2) is 58.6 Å². The maximum atomic E-state index is 12.9. The van der Waals surface area contributed by atoms with Crippen LogP contribution in [-0.2, 0) is 11.4 Å². The third-order valence-electron chi connectivity index (χ3n) is 5.26. The largest absolute Gasteiger partial charge is 0.495 e. The van der Waals surface area contributed by atoms with Gasteiger partial charge in [-0.25, -0.2) is 0 Å². The van der Waals surface area contributed by atoms with Crippen LogP contribution < -0.4 is 24.3 Å². The smallest absolute Gasteiger partial charge is 0.269 e. The number of nitrogens with zero attached hydrogens (tertiary/aromatic N) is 2. The molecule has 0 spiro atoms. The number of nitro groups is 1. The van der Waals surface area contributed by atoms with E-state index < -0.39 is 10.8 Å². The first kappa shape index (κ1) is 29.3. The SMILES string of the molecule is CCOc1cc(/C=C(\C#N)C(=O)Nc2cc(OC)c(Cl)cc2OC)cc(Br)c1OCc1ccc([N+](=O)[O-])cc1. The summed E-state index contributed by atoms with van der Waals surface area (Å²) in [5, 5.41) is 23.5. The Bertz CT molecular complexity index is 1450. The summed E-state index contributed by atoms with van der Waals surface area (Å²) in [6.45, 7) is 2.26. The summed E-state index contributed by atoms with van der Waals surface area (Å²) < 4.78 is 22.7. The molecule has 0 aliphatic carbocycles. The molecule has 39 heavy (non-hydrogen) atoms. The number of hydrogen-bond donors (Lipinski definition) is 1. The quantitative estimate of drug-likeness (QED) is 0.111. The molecule has 0 atom stereocenters. The predicted octanol–water partition coefficient (Wildman–Crippen LogP) is 6.55. The number of carbonyl (C=O) groups is 1. The molecular formula is C27H23BrClN3O7. The molecule has 0 bridgehead atoms. The van der Waals surface area contributed by atoms with Gasteiger partial charge in [0, 0.05) is 24.3 Å². The Kier molecular flexibility index (Phi) is 10.1. The van der Waals surface area contributed by atoms with Crippen LogP contribution in [0.5, 0.6) is 23.0 Å². The minimum absolute atomic E-state index is 0.0166. The van der Waals surface area contributed by atoms with E-state index >= 15 is 0 Å².